The van der Waals surface area contributed by atoms with Gasteiger partial charge in [0.05, 0.1) is 11.1 Å². The first-order valence-corrected chi connectivity index (χ1v) is 24.0. The molecule has 0 spiro atoms. The Labute approximate surface area is 385 Å². The van der Waals surface area contributed by atoms with Crippen LogP contribution >= 0.6 is 28.3 Å². The second-order valence-corrected chi connectivity index (χ2v) is 20.1. The smallest absolute Gasteiger partial charge is 0.0896 e. The van der Waals surface area contributed by atoms with Gasteiger partial charge in [0, 0.05) is 14.9 Å². The van der Waals surface area contributed by atoms with Crippen LogP contribution in [-0.4, -0.2) is 5.11 Å². The van der Waals surface area contributed by atoms with Crippen LogP contribution in [0.2, 0.25) is 0 Å². The Morgan fingerprint density at radius 3 is 1.31 bits per heavy atom. The molecule has 4 aromatic rings. The predicted octanol–water partition coefficient (Wildman–Crippen LogP) is 17.2. The van der Waals surface area contributed by atoms with Crippen molar-refractivity contribution in [3.05, 3.63) is 151 Å². The number of halogens is 2. The fourth-order valence-corrected chi connectivity index (χ4v) is 9.43. The van der Waals surface area contributed by atoms with E-state index in [2.05, 4.69) is 172 Å². The van der Waals surface area contributed by atoms with Crippen molar-refractivity contribution < 1.29 is 5.11 Å². The normalized spacial score (nSPS) is 17.6. The van der Waals surface area contributed by atoms with Crippen molar-refractivity contribution in [1.82, 2.24) is 0 Å². The zero-order valence-electron chi connectivity index (χ0n) is 38.8. The molecule has 0 bridgehead atoms. The number of aliphatic hydroxyl groups is 1. The van der Waals surface area contributed by atoms with Crippen molar-refractivity contribution in [2.45, 2.75) is 192 Å². The van der Waals surface area contributed by atoms with Gasteiger partial charge < -0.3 is 10.8 Å². The first kappa shape index (κ1) is 52.2. The number of benzene rings is 4. The molecule has 0 unspecified atom stereocenters. The molecule has 3 aliphatic carbocycles. The molecule has 0 aliphatic heterocycles. The Balaban J connectivity index is 0.000000219. The van der Waals surface area contributed by atoms with Gasteiger partial charge in [0.25, 0.3) is 0 Å². The Hall–Kier alpha value is -3.12. The summed E-state index contributed by atoms with van der Waals surface area (Å²) >= 11 is 3.43. The average molecular weight is 915 g/mol. The number of hydrogen-bond acceptors (Lipinski definition) is 3. The van der Waals surface area contributed by atoms with E-state index in [1.165, 1.54) is 70.0 Å². The lowest BCUT2D eigenvalue weighted by atomic mass is 9.76. The molecule has 3 fully saturated rings. The van der Waals surface area contributed by atoms with Gasteiger partial charge in [-0.1, -0.05) is 219 Å². The monoisotopic (exact) mass is 913 g/mol. The minimum absolute atomic E-state index is 0. The fraction of sp³-hybridized carbons (Fsp3) is 0.556. The highest BCUT2D eigenvalue weighted by atomic mass is 79.9. The van der Waals surface area contributed by atoms with Crippen molar-refractivity contribution in [1.29, 1.82) is 0 Å². The van der Waals surface area contributed by atoms with Gasteiger partial charge in [-0.05, 0) is 119 Å². The number of nitrogens with zero attached hydrogens (tertiary/aromatic N) is 3. The van der Waals surface area contributed by atoms with Gasteiger partial charge in [0.1, 0.15) is 0 Å². The van der Waals surface area contributed by atoms with Gasteiger partial charge in [-0.3, -0.25) is 0 Å². The minimum Gasteiger partial charge on any atom is -0.385 e. The molecule has 7 rings (SSSR count). The molecule has 3 aliphatic rings. The van der Waals surface area contributed by atoms with Crippen molar-refractivity contribution >= 4 is 28.3 Å². The first-order valence-electron chi connectivity index (χ1n) is 23.3. The zero-order valence-corrected chi connectivity index (χ0v) is 41.2. The van der Waals surface area contributed by atoms with Gasteiger partial charge in [0.15, 0.2) is 0 Å². The minimum atomic E-state index is -0.552. The van der Waals surface area contributed by atoms with Gasteiger partial charge in [-0.25, -0.2) is 0 Å². The summed E-state index contributed by atoms with van der Waals surface area (Å²) in [5.41, 5.74) is 23.7. The third-order valence-corrected chi connectivity index (χ3v) is 13.7. The summed E-state index contributed by atoms with van der Waals surface area (Å²) in [7, 11) is 0. The van der Waals surface area contributed by atoms with Crippen molar-refractivity contribution in [2.24, 2.45) is 10.8 Å². The lowest BCUT2D eigenvalue weighted by Gasteiger charge is -2.34. The molecule has 0 aromatic heterocycles. The van der Waals surface area contributed by atoms with Crippen LogP contribution in [-0.2, 0) is 16.7 Å². The van der Waals surface area contributed by atoms with E-state index in [0.29, 0.717) is 23.7 Å². The number of hydrogen-bond donors (Lipinski definition) is 2. The van der Waals surface area contributed by atoms with E-state index in [0.717, 1.165) is 69.8 Å². The van der Waals surface area contributed by atoms with E-state index in [4.69, 9.17) is 11.3 Å². The average Bonchev–Trinajstić information content (AvgIpc) is 3.25. The zero-order chi connectivity index (χ0) is 43.8. The Kier molecular flexibility index (Phi) is 21.6. The van der Waals surface area contributed by atoms with E-state index in [1.807, 2.05) is 6.07 Å². The molecule has 5 nitrogen and oxygen atoms in total. The maximum absolute atomic E-state index is 10.6. The molecule has 7 heteroatoms. The summed E-state index contributed by atoms with van der Waals surface area (Å²) in [5.74, 6) is 2.26. The Morgan fingerprint density at radius 2 is 0.885 bits per heavy atom. The quantitative estimate of drug-likeness (QED) is 0.105. The molecule has 0 saturated heterocycles. The van der Waals surface area contributed by atoms with Gasteiger partial charge in [0.2, 0.25) is 0 Å². The molecular weight excluding hydrogens is 836 g/mol. The Morgan fingerprint density at radius 1 is 0.525 bits per heavy atom. The molecule has 61 heavy (non-hydrogen) atoms. The van der Waals surface area contributed by atoms with Crippen LogP contribution in [0.1, 0.15) is 214 Å². The highest BCUT2D eigenvalue weighted by Crippen LogP contribution is 2.42. The van der Waals surface area contributed by atoms with E-state index in [1.54, 1.807) is 0 Å². The fourth-order valence-electron chi connectivity index (χ4n) is 9.01. The summed E-state index contributed by atoms with van der Waals surface area (Å²) < 4.78 is 1.17. The molecule has 0 amide bonds. The summed E-state index contributed by atoms with van der Waals surface area (Å²) in [6, 6.07) is 34.4. The van der Waals surface area contributed by atoms with E-state index in [-0.39, 0.29) is 23.5 Å². The Bertz CT molecular complexity index is 1860. The number of azide groups is 1. The van der Waals surface area contributed by atoms with Crippen LogP contribution < -0.4 is 5.73 Å². The van der Waals surface area contributed by atoms with Crippen LogP contribution in [0.4, 0.5) is 0 Å². The van der Waals surface area contributed by atoms with Crippen LogP contribution in [0, 0.1) is 0 Å². The summed E-state index contributed by atoms with van der Waals surface area (Å²) in [5, 5.41) is 14.8. The SMILES string of the molecule is CC(C)c1cccc(Br)c1.CC(C)c1cccc(C2(N)CCCCC2)c1.CC(C)c1cccc(C2(N=[N+]=[N-])CCCCC2)c1.CC(C)c1cccc(C2(O)CCCCC2)c1.Cl. The molecule has 0 heterocycles. The molecule has 0 atom stereocenters. The largest absolute Gasteiger partial charge is 0.385 e. The van der Waals surface area contributed by atoms with Crippen LogP contribution in [0.25, 0.3) is 10.4 Å². The lowest BCUT2D eigenvalue weighted by Crippen LogP contribution is -2.38. The second-order valence-electron chi connectivity index (χ2n) is 19.1. The van der Waals surface area contributed by atoms with Crippen LogP contribution in [0.15, 0.2) is 107 Å². The van der Waals surface area contributed by atoms with E-state index >= 15 is 0 Å². The van der Waals surface area contributed by atoms with Gasteiger partial charge in [-0.2, -0.15) is 0 Å². The van der Waals surface area contributed by atoms with Crippen molar-refractivity contribution in [2.75, 3.05) is 0 Å². The molecule has 3 saturated carbocycles. The van der Waals surface area contributed by atoms with E-state index in [9.17, 15) is 5.11 Å². The lowest BCUT2D eigenvalue weighted by molar-refractivity contribution is -0.000702. The first-order chi connectivity index (χ1) is 28.6. The maximum atomic E-state index is 10.6. The maximum Gasteiger partial charge on any atom is 0.0896 e. The van der Waals surface area contributed by atoms with Crippen LogP contribution in [0.5, 0.6) is 0 Å². The van der Waals surface area contributed by atoms with Crippen LogP contribution in [0.3, 0.4) is 0 Å². The van der Waals surface area contributed by atoms with Gasteiger partial charge in [-0.15, -0.1) is 12.4 Å². The second kappa shape index (κ2) is 25.2. The standard InChI is InChI=1S/C15H21N3.C15H23N.C15H22O.C9H11Br.ClH/c1-12(2)13-7-6-8-14(11-13)15(17-18-16)9-4-3-5-10-15;2*1-12(2)13-7-6-8-14(11-13)15(16)9-4-3-5-10-15;1-7(2)8-4-3-5-9(10)6-8;/h6-8,11-12H,3-5,9-10H2,1-2H3;6-8,11-12H,3-5,9-10,16H2,1-2H3;6-8,11-12,16H,3-5,9-10H2,1-2H3;3-7H,1-2H3;1H. The van der Waals surface area contributed by atoms with Crippen molar-refractivity contribution in [3.63, 3.8) is 0 Å². The molecule has 334 valence electrons. The predicted molar refractivity (Wildman–Crippen MR) is 267 cm³/mol. The molecule has 3 N–H and O–H groups in total. The topological polar surface area (TPSA) is 95.0 Å². The van der Waals surface area contributed by atoms with Gasteiger partial charge >= 0.3 is 0 Å². The third kappa shape index (κ3) is 15.6. The molecular formula is C54H78BrClN4O. The summed E-state index contributed by atoms with van der Waals surface area (Å²) in [6.07, 6.45) is 17.2. The number of rotatable bonds is 8. The summed E-state index contributed by atoms with van der Waals surface area (Å²) in [4.78, 5) is 3.11. The summed E-state index contributed by atoms with van der Waals surface area (Å²) in [6.45, 7) is 17.7. The third-order valence-electron chi connectivity index (χ3n) is 13.2. The molecule has 0 radical (unpaired) electrons. The molecule has 4 aromatic carbocycles. The highest BCUT2D eigenvalue weighted by Gasteiger charge is 2.34. The van der Waals surface area contributed by atoms with Crippen molar-refractivity contribution in [3.8, 4) is 0 Å². The number of nitrogens with two attached hydrogens (primary N) is 1. The van der Waals surface area contributed by atoms with E-state index < -0.39 is 5.60 Å². The highest BCUT2D eigenvalue weighted by molar-refractivity contribution is 9.10.